The quantitative estimate of drug-likeness (QED) is 0.580. The number of hydrogen-bond acceptors (Lipinski definition) is 2. The highest BCUT2D eigenvalue weighted by atomic mass is 16.3. The molecule has 2 unspecified atom stereocenters. The van der Waals surface area contributed by atoms with Gasteiger partial charge in [0.15, 0.2) is 0 Å². The highest BCUT2D eigenvalue weighted by molar-refractivity contribution is 4.90. The van der Waals surface area contributed by atoms with Gasteiger partial charge in [-0.05, 0) is 12.8 Å². The Bertz CT molecular complexity index is 99.4. The molecule has 0 aliphatic rings. The third-order valence-electron chi connectivity index (χ3n) is 1.38. The van der Waals surface area contributed by atoms with Gasteiger partial charge in [0.1, 0.15) is 0 Å². The van der Waals surface area contributed by atoms with Crippen molar-refractivity contribution in [1.29, 1.82) is 0 Å². The van der Waals surface area contributed by atoms with E-state index >= 15 is 0 Å². The van der Waals surface area contributed by atoms with Gasteiger partial charge in [0.2, 0.25) is 0 Å². The van der Waals surface area contributed by atoms with Gasteiger partial charge in [-0.25, -0.2) is 0 Å². The highest BCUT2D eigenvalue weighted by Gasteiger charge is 2.08. The first-order valence-electron chi connectivity index (χ1n) is 3.75. The zero-order valence-corrected chi connectivity index (χ0v) is 6.62. The predicted molar refractivity (Wildman–Crippen MR) is 41.7 cm³/mol. The van der Waals surface area contributed by atoms with Crippen LogP contribution in [0, 0.1) is 0 Å². The number of allylic oxidation sites excluding steroid dienone is 1. The van der Waals surface area contributed by atoms with E-state index < -0.39 is 12.2 Å². The van der Waals surface area contributed by atoms with E-state index in [0.29, 0.717) is 6.42 Å². The van der Waals surface area contributed by atoms with Crippen LogP contribution in [0.4, 0.5) is 0 Å². The van der Waals surface area contributed by atoms with Crippen molar-refractivity contribution >= 4 is 0 Å². The van der Waals surface area contributed by atoms with Crippen LogP contribution >= 0.6 is 0 Å². The Hall–Kier alpha value is -0.340. The zero-order chi connectivity index (χ0) is 7.98. The molecule has 0 fully saturated rings. The van der Waals surface area contributed by atoms with Gasteiger partial charge in [-0.2, -0.15) is 0 Å². The van der Waals surface area contributed by atoms with Crippen LogP contribution in [-0.4, -0.2) is 22.4 Å². The van der Waals surface area contributed by atoms with Crippen molar-refractivity contribution in [2.24, 2.45) is 0 Å². The third kappa shape index (κ3) is 3.64. The lowest BCUT2D eigenvalue weighted by Gasteiger charge is -2.10. The number of hydrogen-bond donors (Lipinski definition) is 2. The predicted octanol–water partition coefficient (Wildman–Crippen LogP) is 1.08. The minimum Gasteiger partial charge on any atom is -0.390 e. The Kier molecular flexibility index (Phi) is 5.26. The first kappa shape index (κ1) is 9.66. The van der Waals surface area contributed by atoms with Gasteiger partial charge in [-0.3, -0.25) is 0 Å². The lowest BCUT2D eigenvalue weighted by atomic mass is 10.1. The van der Waals surface area contributed by atoms with E-state index in [1.165, 1.54) is 0 Å². The molecule has 0 saturated heterocycles. The van der Waals surface area contributed by atoms with E-state index in [1.807, 2.05) is 19.9 Å². The fourth-order valence-corrected chi connectivity index (χ4v) is 0.645. The second-order valence-corrected chi connectivity index (χ2v) is 2.30. The smallest absolute Gasteiger partial charge is 0.0979 e. The van der Waals surface area contributed by atoms with Gasteiger partial charge in [-0.1, -0.05) is 26.0 Å². The molecule has 2 atom stereocenters. The minimum atomic E-state index is -0.690. The first-order chi connectivity index (χ1) is 4.72. The number of rotatable bonds is 4. The maximum absolute atomic E-state index is 9.11. The summed E-state index contributed by atoms with van der Waals surface area (Å²) in [5, 5.41) is 18.2. The van der Waals surface area contributed by atoms with Gasteiger partial charge >= 0.3 is 0 Å². The van der Waals surface area contributed by atoms with Crippen molar-refractivity contribution < 1.29 is 10.2 Å². The Morgan fingerprint density at radius 3 is 2.30 bits per heavy atom. The summed E-state index contributed by atoms with van der Waals surface area (Å²) < 4.78 is 0. The fourth-order valence-electron chi connectivity index (χ4n) is 0.645. The first-order valence-corrected chi connectivity index (χ1v) is 3.75. The van der Waals surface area contributed by atoms with Crippen LogP contribution in [0.1, 0.15) is 26.7 Å². The molecule has 0 aromatic rings. The Labute approximate surface area is 62.2 Å². The fraction of sp³-hybridized carbons (Fsp3) is 0.750. The maximum atomic E-state index is 9.11. The van der Waals surface area contributed by atoms with Gasteiger partial charge in [0.25, 0.3) is 0 Å². The topological polar surface area (TPSA) is 40.5 Å². The van der Waals surface area contributed by atoms with Crippen molar-refractivity contribution in [2.45, 2.75) is 38.9 Å². The van der Waals surface area contributed by atoms with E-state index in [9.17, 15) is 0 Å². The van der Waals surface area contributed by atoms with E-state index in [0.717, 1.165) is 6.42 Å². The zero-order valence-electron chi connectivity index (χ0n) is 6.62. The monoisotopic (exact) mass is 144 g/mol. The Balaban J connectivity index is 3.60. The number of aliphatic hydroxyl groups excluding tert-OH is 2. The molecule has 0 radical (unpaired) electrons. The molecule has 10 heavy (non-hydrogen) atoms. The lowest BCUT2D eigenvalue weighted by molar-refractivity contribution is 0.0464. The summed E-state index contributed by atoms with van der Waals surface area (Å²) >= 11 is 0. The second kappa shape index (κ2) is 5.45. The van der Waals surface area contributed by atoms with Crippen LogP contribution in [0.5, 0.6) is 0 Å². The van der Waals surface area contributed by atoms with Crippen LogP contribution < -0.4 is 0 Å². The van der Waals surface area contributed by atoms with Gasteiger partial charge in [0.05, 0.1) is 12.2 Å². The molecular formula is C8H16O2. The second-order valence-electron chi connectivity index (χ2n) is 2.30. The molecule has 2 nitrogen and oxygen atoms in total. The molecule has 0 rings (SSSR count). The van der Waals surface area contributed by atoms with Gasteiger partial charge < -0.3 is 10.2 Å². The van der Waals surface area contributed by atoms with Crippen LogP contribution in [0.25, 0.3) is 0 Å². The van der Waals surface area contributed by atoms with E-state index in [-0.39, 0.29) is 0 Å². The molecule has 60 valence electrons. The molecule has 2 heteroatoms. The molecule has 0 aliphatic heterocycles. The summed E-state index contributed by atoms with van der Waals surface area (Å²) in [4.78, 5) is 0. The van der Waals surface area contributed by atoms with Crippen LogP contribution in [0.2, 0.25) is 0 Å². The Morgan fingerprint density at radius 1 is 1.30 bits per heavy atom. The molecule has 2 N–H and O–H groups in total. The molecule has 0 aliphatic carbocycles. The molecule has 0 aromatic carbocycles. The average molecular weight is 144 g/mol. The largest absolute Gasteiger partial charge is 0.390 e. The normalized spacial score (nSPS) is 17.6. The van der Waals surface area contributed by atoms with Gasteiger partial charge in [0, 0.05) is 0 Å². The summed E-state index contributed by atoms with van der Waals surface area (Å²) in [6, 6.07) is 0. The van der Waals surface area contributed by atoms with Crippen molar-refractivity contribution in [3.63, 3.8) is 0 Å². The molecule has 0 amide bonds. The summed E-state index contributed by atoms with van der Waals surface area (Å²) in [5.41, 5.74) is 0. The van der Waals surface area contributed by atoms with E-state index in [4.69, 9.17) is 10.2 Å². The lowest BCUT2D eigenvalue weighted by Crippen LogP contribution is -2.22. The summed E-state index contributed by atoms with van der Waals surface area (Å²) in [5.74, 6) is 0. The summed E-state index contributed by atoms with van der Waals surface area (Å²) in [6.07, 6.45) is 3.67. The molecule has 0 bridgehead atoms. The van der Waals surface area contributed by atoms with E-state index in [2.05, 4.69) is 0 Å². The molecular weight excluding hydrogens is 128 g/mol. The average Bonchev–Trinajstić information content (AvgIpc) is 1.98. The minimum absolute atomic E-state index is 0.592. The van der Waals surface area contributed by atoms with Crippen molar-refractivity contribution in [3.8, 4) is 0 Å². The number of aliphatic hydroxyl groups is 2. The molecule has 0 spiro atoms. The summed E-state index contributed by atoms with van der Waals surface area (Å²) in [6.45, 7) is 3.83. The SMILES string of the molecule is CCC=CC(O)C(O)CC. The molecule has 0 aromatic heterocycles. The maximum Gasteiger partial charge on any atom is 0.0979 e. The molecule has 0 saturated carbocycles. The van der Waals surface area contributed by atoms with Crippen LogP contribution in [0.15, 0.2) is 12.2 Å². The van der Waals surface area contributed by atoms with E-state index in [1.54, 1.807) is 6.08 Å². The summed E-state index contributed by atoms with van der Waals surface area (Å²) in [7, 11) is 0. The molecule has 0 heterocycles. The third-order valence-corrected chi connectivity index (χ3v) is 1.38. The van der Waals surface area contributed by atoms with Gasteiger partial charge in [-0.15, -0.1) is 0 Å². The van der Waals surface area contributed by atoms with Crippen molar-refractivity contribution in [2.75, 3.05) is 0 Å². The highest BCUT2D eigenvalue weighted by Crippen LogP contribution is 1.99. The van der Waals surface area contributed by atoms with Crippen molar-refractivity contribution in [1.82, 2.24) is 0 Å². The standard InChI is InChI=1S/C8H16O2/c1-3-5-6-8(10)7(9)4-2/h5-10H,3-4H2,1-2H3. The Morgan fingerprint density at radius 2 is 1.90 bits per heavy atom. The van der Waals surface area contributed by atoms with Crippen LogP contribution in [-0.2, 0) is 0 Å². The van der Waals surface area contributed by atoms with Crippen LogP contribution in [0.3, 0.4) is 0 Å². The van der Waals surface area contributed by atoms with Crippen molar-refractivity contribution in [3.05, 3.63) is 12.2 Å².